The molecule has 30 heavy (non-hydrogen) atoms. The molecule has 2 aliphatic carbocycles. The van der Waals surface area contributed by atoms with E-state index in [-0.39, 0.29) is 11.9 Å². The third kappa shape index (κ3) is 4.67. The van der Waals surface area contributed by atoms with Crippen LogP contribution in [0.4, 0.5) is 0 Å². The third-order valence-corrected chi connectivity index (χ3v) is 8.32. The van der Waals surface area contributed by atoms with Gasteiger partial charge in [0.1, 0.15) is 5.54 Å². The Labute approximate surface area is 181 Å². The Morgan fingerprint density at radius 3 is 2.37 bits per heavy atom. The minimum Gasteiger partial charge on any atom is -0.342 e. The zero-order chi connectivity index (χ0) is 21.1. The van der Waals surface area contributed by atoms with Crippen molar-refractivity contribution < 1.29 is 9.59 Å². The van der Waals surface area contributed by atoms with Gasteiger partial charge in [0, 0.05) is 26.6 Å². The summed E-state index contributed by atoms with van der Waals surface area (Å²) < 4.78 is 0. The van der Waals surface area contributed by atoms with Gasteiger partial charge in [-0.05, 0) is 56.3 Å². The minimum absolute atomic E-state index is 0.0547. The highest BCUT2D eigenvalue weighted by Crippen LogP contribution is 2.37. The van der Waals surface area contributed by atoms with Gasteiger partial charge in [-0.25, -0.2) is 0 Å². The minimum atomic E-state index is -0.640. The van der Waals surface area contributed by atoms with Gasteiger partial charge in [-0.3, -0.25) is 19.9 Å². The lowest BCUT2D eigenvalue weighted by molar-refractivity contribution is -0.131. The summed E-state index contributed by atoms with van der Waals surface area (Å²) in [6.45, 7) is 1.61. The van der Waals surface area contributed by atoms with Crippen LogP contribution in [0.1, 0.15) is 89.9 Å². The summed E-state index contributed by atoms with van der Waals surface area (Å²) in [5.74, 6) is 2.26. The maximum Gasteiger partial charge on any atom is 0.254 e. The molecule has 4 fully saturated rings. The van der Waals surface area contributed by atoms with E-state index < -0.39 is 5.54 Å². The molecule has 0 aromatic heterocycles. The normalized spacial score (nSPS) is 31.0. The van der Waals surface area contributed by atoms with Gasteiger partial charge < -0.3 is 10.2 Å². The van der Waals surface area contributed by atoms with Crippen LogP contribution >= 0.6 is 0 Å². The average molecular weight is 417 g/mol. The number of hydrogen-bond donors (Lipinski definition) is 2. The van der Waals surface area contributed by atoms with Crippen molar-refractivity contribution >= 4 is 17.8 Å². The molecular formula is C24H40N4O2. The summed E-state index contributed by atoms with van der Waals surface area (Å²) in [4.78, 5) is 29.5. The number of hydrogen-bond acceptors (Lipinski definition) is 3. The first-order valence-electron chi connectivity index (χ1n) is 12.4. The van der Waals surface area contributed by atoms with Gasteiger partial charge in [-0.2, -0.15) is 0 Å². The van der Waals surface area contributed by atoms with E-state index in [1.807, 2.05) is 4.90 Å². The Morgan fingerprint density at radius 1 is 1.03 bits per heavy atom. The van der Waals surface area contributed by atoms with Gasteiger partial charge in [0.2, 0.25) is 5.91 Å². The molecule has 2 atom stereocenters. The largest absolute Gasteiger partial charge is 0.342 e. The number of rotatable bonds is 7. The topological polar surface area (TPSA) is 76.5 Å². The van der Waals surface area contributed by atoms with Crippen molar-refractivity contribution in [2.45, 2.75) is 95.4 Å². The Balaban J connectivity index is 1.36. The quantitative estimate of drug-likeness (QED) is 0.661. The molecule has 2 heterocycles. The zero-order valence-electron chi connectivity index (χ0n) is 18.8. The number of nitrogens with zero attached hydrogens (tertiary/aromatic N) is 2. The maximum atomic E-state index is 13.2. The molecule has 4 rings (SSSR count). The summed E-state index contributed by atoms with van der Waals surface area (Å²) in [7, 11) is 1.71. The summed E-state index contributed by atoms with van der Waals surface area (Å²) in [6, 6.07) is 0. The molecule has 2 saturated carbocycles. The van der Waals surface area contributed by atoms with Crippen LogP contribution < -0.4 is 5.32 Å². The molecule has 6 heteroatoms. The summed E-state index contributed by atoms with van der Waals surface area (Å²) in [5, 5.41) is 11.5. The molecular weight excluding hydrogens is 376 g/mol. The van der Waals surface area contributed by atoms with Crippen LogP contribution in [-0.4, -0.2) is 53.2 Å². The van der Waals surface area contributed by atoms with E-state index in [0.717, 1.165) is 44.7 Å². The van der Waals surface area contributed by atoms with E-state index in [0.29, 0.717) is 24.2 Å². The highest BCUT2D eigenvalue weighted by Gasteiger charge is 2.49. The molecule has 168 valence electrons. The van der Waals surface area contributed by atoms with Crippen molar-refractivity contribution in [1.82, 2.24) is 15.1 Å². The molecule has 2 amide bonds. The highest BCUT2D eigenvalue weighted by atomic mass is 16.2. The number of carbonyl (C=O) groups excluding carboxylic acids is 2. The van der Waals surface area contributed by atoms with Crippen molar-refractivity contribution in [3.8, 4) is 0 Å². The second kappa shape index (κ2) is 9.27. The monoisotopic (exact) mass is 416 g/mol. The second-order valence-corrected chi connectivity index (χ2v) is 10.5. The molecule has 2 saturated heterocycles. The molecule has 2 aliphatic heterocycles. The van der Waals surface area contributed by atoms with E-state index in [9.17, 15) is 9.59 Å². The predicted molar refractivity (Wildman–Crippen MR) is 118 cm³/mol. The molecule has 6 nitrogen and oxygen atoms in total. The number of nitrogens with one attached hydrogen (secondary N) is 2. The van der Waals surface area contributed by atoms with E-state index in [4.69, 9.17) is 5.41 Å². The number of likely N-dealkylation sites (tertiary alicyclic amines) is 1. The molecule has 0 aromatic rings. The standard InChI is InChI=1S/C24H40N4O2/c1-27-22(30)24(26-23(27)25,13-11-18-7-3-2-4-8-18)16-20-12-14-28(17-20)21(29)15-19-9-5-6-10-19/h18-20H,2-17H2,1H3,(H2,25,26)/t20-,24+/m1/s1. The van der Waals surface area contributed by atoms with Crippen LogP contribution in [-0.2, 0) is 9.59 Å². The van der Waals surface area contributed by atoms with Crippen molar-refractivity contribution in [3.05, 3.63) is 0 Å². The van der Waals surface area contributed by atoms with Crippen molar-refractivity contribution in [2.75, 3.05) is 20.1 Å². The number of amides is 2. The molecule has 2 N–H and O–H groups in total. The Bertz CT molecular complexity index is 654. The van der Waals surface area contributed by atoms with E-state index in [1.165, 1.54) is 62.7 Å². The number of likely N-dealkylation sites (N-methyl/N-ethyl adjacent to an activating group) is 1. The van der Waals surface area contributed by atoms with Gasteiger partial charge in [0.05, 0.1) is 0 Å². The van der Waals surface area contributed by atoms with Gasteiger partial charge in [0.15, 0.2) is 5.96 Å². The predicted octanol–water partition coefficient (Wildman–Crippen LogP) is 3.90. The smallest absolute Gasteiger partial charge is 0.254 e. The second-order valence-electron chi connectivity index (χ2n) is 10.5. The van der Waals surface area contributed by atoms with Gasteiger partial charge >= 0.3 is 0 Å². The first-order valence-corrected chi connectivity index (χ1v) is 12.4. The SMILES string of the molecule is CN1C(=N)N[C@@](CCC2CCCCC2)(C[C@H]2CCN(C(=O)CC3CCCC3)C2)C1=O. The average Bonchev–Trinajstić information content (AvgIpc) is 3.47. The molecule has 0 radical (unpaired) electrons. The van der Waals surface area contributed by atoms with Crippen molar-refractivity contribution in [2.24, 2.45) is 17.8 Å². The molecule has 0 spiro atoms. The van der Waals surface area contributed by atoms with Crippen LogP contribution in [0.15, 0.2) is 0 Å². The zero-order valence-corrected chi connectivity index (χ0v) is 18.8. The van der Waals surface area contributed by atoms with Gasteiger partial charge in [-0.1, -0.05) is 44.9 Å². The lowest BCUT2D eigenvalue weighted by Gasteiger charge is -2.32. The van der Waals surface area contributed by atoms with E-state index >= 15 is 0 Å². The summed E-state index contributed by atoms with van der Waals surface area (Å²) >= 11 is 0. The lowest BCUT2D eigenvalue weighted by atomic mass is 9.78. The Morgan fingerprint density at radius 2 is 1.70 bits per heavy atom. The van der Waals surface area contributed by atoms with Gasteiger partial charge in [0.25, 0.3) is 5.91 Å². The molecule has 0 unspecified atom stereocenters. The first-order chi connectivity index (χ1) is 14.5. The Kier molecular flexibility index (Phi) is 6.69. The van der Waals surface area contributed by atoms with Crippen molar-refractivity contribution in [1.29, 1.82) is 5.41 Å². The maximum absolute atomic E-state index is 13.2. The third-order valence-electron chi connectivity index (χ3n) is 8.32. The number of guanidine groups is 1. The Hall–Kier alpha value is -1.59. The highest BCUT2D eigenvalue weighted by molar-refractivity contribution is 6.07. The van der Waals surface area contributed by atoms with Crippen LogP contribution in [0.5, 0.6) is 0 Å². The number of carbonyl (C=O) groups is 2. The first kappa shape index (κ1) is 21.6. The summed E-state index contributed by atoms with van der Waals surface area (Å²) in [6.07, 6.45) is 15.8. The molecule has 4 aliphatic rings. The molecule has 0 bridgehead atoms. The molecule has 0 aromatic carbocycles. The lowest BCUT2D eigenvalue weighted by Crippen LogP contribution is -2.49. The van der Waals surface area contributed by atoms with Crippen LogP contribution in [0.3, 0.4) is 0 Å². The van der Waals surface area contributed by atoms with Crippen molar-refractivity contribution in [3.63, 3.8) is 0 Å². The summed E-state index contributed by atoms with van der Waals surface area (Å²) in [5.41, 5.74) is -0.640. The fourth-order valence-electron chi connectivity index (χ4n) is 6.43. The van der Waals surface area contributed by atoms with E-state index in [1.54, 1.807) is 7.05 Å². The van der Waals surface area contributed by atoms with E-state index in [2.05, 4.69) is 5.32 Å². The van der Waals surface area contributed by atoms with Crippen LogP contribution in [0.25, 0.3) is 0 Å². The van der Waals surface area contributed by atoms with Crippen LogP contribution in [0.2, 0.25) is 0 Å². The fourth-order valence-corrected chi connectivity index (χ4v) is 6.43. The van der Waals surface area contributed by atoms with Crippen LogP contribution in [0, 0.1) is 23.2 Å². The fraction of sp³-hybridized carbons (Fsp3) is 0.875. The van der Waals surface area contributed by atoms with Gasteiger partial charge in [-0.15, -0.1) is 0 Å².